The molecule has 0 saturated heterocycles. The van der Waals surface area contributed by atoms with Crippen molar-refractivity contribution in [3.63, 3.8) is 0 Å². The van der Waals surface area contributed by atoms with Crippen molar-refractivity contribution in [2.24, 2.45) is 0 Å². The Hall–Kier alpha value is -1.60. The van der Waals surface area contributed by atoms with Crippen LogP contribution in [0.4, 0.5) is 5.88 Å². The Balaban J connectivity index is 0.00000361. The number of hydrogen-bond donors (Lipinski definition) is 3. The highest BCUT2D eigenvalue weighted by Gasteiger charge is 2.22. The van der Waals surface area contributed by atoms with Crippen LogP contribution in [0.2, 0.25) is 0 Å². The average Bonchev–Trinajstić information content (AvgIpc) is 2.73. The minimum absolute atomic E-state index is 0. The van der Waals surface area contributed by atoms with Gasteiger partial charge in [0.2, 0.25) is 11.8 Å². The van der Waals surface area contributed by atoms with E-state index >= 15 is 0 Å². The summed E-state index contributed by atoms with van der Waals surface area (Å²) in [4.78, 5) is 22.8. The molecule has 1 rings (SSSR count). The number of carbonyl (C=O) groups is 2. The molecule has 0 bridgehead atoms. The van der Waals surface area contributed by atoms with Gasteiger partial charge in [-0.05, 0) is 20.3 Å². The molecule has 0 radical (unpaired) electrons. The van der Waals surface area contributed by atoms with Gasteiger partial charge in [0, 0.05) is 6.07 Å². The summed E-state index contributed by atoms with van der Waals surface area (Å²) in [7, 11) is 0. The SMILES string of the molecule is CCCC(NC(C)C(=O)Nc1cc(C)no1)C(=O)O.Cl. The van der Waals surface area contributed by atoms with Gasteiger partial charge in [0.15, 0.2) is 0 Å². The number of hydrogen-bond acceptors (Lipinski definition) is 5. The first-order valence-corrected chi connectivity index (χ1v) is 6.17. The van der Waals surface area contributed by atoms with E-state index in [4.69, 9.17) is 9.63 Å². The first-order chi connectivity index (χ1) is 8.93. The molecular weight excluding hydrogens is 286 g/mol. The van der Waals surface area contributed by atoms with E-state index in [-0.39, 0.29) is 24.2 Å². The highest BCUT2D eigenvalue weighted by atomic mass is 35.5. The number of aromatic nitrogens is 1. The number of nitrogens with zero attached hydrogens (tertiary/aromatic N) is 1. The zero-order valence-corrected chi connectivity index (χ0v) is 12.5. The third kappa shape index (κ3) is 5.58. The fourth-order valence-corrected chi connectivity index (χ4v) is 1.60. The Bertz CT molecular complexity index is 450. The molecule has 8 heteroatoms. The Morgan fingerprint density at radius 3 is 2.60 bits per heavy atom. The van der Waals surface area contributed by atoms with E-state index in [9.17, 15) is 9.59 Å². The number of aryl methyl sites for hydroxylation is 1. The topological polar surface area (TPSA) is 104 Å². The second-order valence-electron chi connectivity index (χ2n) is 4.39. The van der Waals surface area contributed by atoms with Gasteiger partial charge >= 0.3 is 5.97 Å². The summed E-state index contributed by atoms with van der Waals surface area (Å²) in [5.41, 5.74) is 0.658. The molecule has 2 unspecified atom stereocenters. The standard InChI is InChI=1S/C12H19N3O4.ClH/c1-4-5-9(12(17)18)13-8(3)11(16)14-10-6-7(2)15-19-10;/h6,8-9,13H,4-5H2,1-3H3,(H,14,16)(H,17,18);1H. The molecule has 0 spiro atoms. The number of halogens is 1. The van der Waals surface area contributed by atoms with Crippen LogP contribution in [0.1, 0.15) is 32.4 Å². The highest BCUT2D eigenvalue weighted by Crippen LogP contribution is 2.09. The molecule has 1 aromatic rings. The number of rotatable bonds is 7. The van der Waals surface area contributed by atoms with Crippen LogP contribution in [0.25, 0.3) is 0 Å². The molecule has 1 aromatic heterocycles. The monoisotopic (exact) mass is 305 g/mol. The van der Waals surface area contributed by atoms with Gasteiger partial charge < -0.3 is 9.63 Å². The predicted molar refractivity (Wildman–Crippen MR) is 76.0 cm³/mol. The predicted octanol–water partition coefficient (Wildman–Crippen LogP) is 1.57. The maximum atomic E-state index is 11.8. The van der Waals surface area contributed by atoms with Crippen molar-refractivity contribution < 1.29 is 19.2 Å². The average molecular weight is 306 g/mol. The summed E-state index contributed by atoms with van der Waals surface area (Å²) in [6, 6.07) is 0.214. The third-order valence-electron chi connectivity index (χ3n) is 2.59. The maximum Gasteiger partial charge on any atom is 0.320 e. The van der Waals surface area contributed by atoms with E-state index in [1.54, 1.807) is 19.9 Å². The summed E-state index contributed by atoms with van der Waals surface area (Å²) >= 11 is 0. The fraction of sp³-hybridized carbons (Fsp3) is 0.583. The van der Waals surface area contributed by atoms with Gasteiger partial charge in [-0.15, -0.1) is 12.4 Å². The summed E-state index contributed by atoms with van der Waals surface area (Å²) in [6.45, 7) is 5.23. The van der Waals surface area contributed by atoms with Crippen LogP contribution in [-0.2, 0) is 9.59 Å². The van der Waals surface area contributed by atoms with E-state index < -0.39 is 18.1 Å². The van der Waals surface area contributed by atoms with Gasteiger partial charge in [-0.1, -0.05) is 18.5 Å². The van der Waals surface area contributed by atoms with Crippen molar-refractivity contribution in [1.29, 1.82) is 0 Å². The molecule has 1 heterocycles. The first kappa shape index (κ1) is 18.4. The highest BCUT2D eigenvalue weighted by molar-refractivity contribution is 5.93. The molecule has 7 nitrogen and oxygen atoms in total. The van der Waals surface area contributed by atoms with Gasteiger partial charge in [-0.2, -0.15) is 0 Å². The third-order valence-corrected chi connectivity index (χ3v) is 2.59. The van der Waals surface area contributed by atoms with Crippen LogP contribution in [0.3, 0.4) is 0 Å². The van der Waals surface area contributed by atoms with Crippen LogP contribution in [0.15, 0.2) is 10.6 Å². The molecule has 2 atom stereocenters. The van der Waals surface area contributed by atoms with Crippen molar-refractivity contribution in [1.82, 2.24) is 10.5 Å². The zero-order valence-electron chi connectivity index (χ0n) is 11.7. The van der Waals surface area contributed by atoms with Gasteiger partial charge in [0.25, 0.3) is 0 Å². The number of carboxylic acid groups (broad SMARTS) is 1. The molecule has 0 aromatic carbocycles. The lowest BCUT2D eigenvalue weighted by molar-refractivity contribution is -0.140. The van der Waals surface area contributed by atoms with Crippen molar-refractivity contribution in [3.05, 3.63) is 11.8 Å². The minimum atomic E-state index is -0.961. The van der Waals surface area contributed by atoms with Crippen molar-refractivity contribution >= 4 is 30.2 Å². The lowest BCUT2D eigenvalue weighted by Gasteiger charge is -2.18. The van der Waals surface area contributed by atoms with Gasteiger partial charge in [0.05, 0.1) is 11.7 Å². The first-order valence-electron chi connectivity index (χ1n) is 6.17. The van der Waals surface area contributed by atoms with Crippen LogP contribution >= 0.6 is 12.4 Å². The lowest BCUT2D eigenvalue weighted by Crippen LogP contribution is -2.47. The summed E-state index contributed by atoms with van der Waals surface area (Å²) in [5, 5.41) is 17.9. The minimum Gasteiger partial charge on any atom is -0.480 e. The quantitative estimate of drug-likeness (QED) is 0.706. The molecular formula is C12H20ClN3O4. The Morgan fingerprint density at radius 2 is 2.15 bits per heavy atom. The Labute approximate surface area is 123 Å². The van der Waals surface area contributed by atoms with Gasteiger partial charge in [0.1, 0.15) is 6.04 Å². The van der Waals surface area contributed by atoms with E-state index in [0.717, 1.165) is 6.42 Å². The van der Waals surface area contributed by atoms with Crippen molar-refractivity contribution in [2.45, 2.75) is 45.7 Å². The number of nitrogens with one attached hydrogen (secondary N) is 2. The smallest absolute Gasteiger partial charge is 0.320 e. The van der Waals surface area contributed by atoms with Crippen LogP contribution in [0.5, 0.6) is 0 Å². The largest absolute Gasteiger partial charge is 0.480 e. The van der Waals surface area contributed by atoms with E-state index in [1.165, 1.54) is 0 Å². The molecule has 0 aliphatic heterocycles. The van der Waals surface area contributed by atoms with Crippen LogP contribution < -0.4 is 10.6 Å². The number of aliphatic carboxylic acids is 1. The molecule has 114 valence electrons. The second kappa shape index (κ2) is 8.55. The number of carbonyl (C=O) groups excluding carboxylic acids is 1. The van der Waals surface area contributed by atoms with E-state index in [2.05, 4.69) is 15.8 Å². The molecule has 3 N–H and O–H groups in total. The Kier molecular flexibility index (Phi) is 7.86. The number of amides is 1. The molecule has 0 fully saturated rings. The summed E-state index contributed by atoms with van der Waals surface area (Å²) < 4.78 is 4.86. The zero-order chi connectivity index (χ0) is 14.4. The van der Waals surface area contributed by atoms with Crippen molar-refractivity contribution in [3.8, 4) is 0 Å². The molecule has 0 aliphatic rings. The van der Waals surface area contributed by atoms with Crippen LogP contribution in [0, 0.1) is 6.92 Å². The number of anilines is 1. The van der Waals surface area contributed by atoms with E-state index in [0.29, 0.717) is 12.1 Å². The molecule has 20 heavy (non-hydrogen) atoms. The molecule has 1 amide bonds. The summed E-state index contributed by atoms with van der Waals surface area (Å²) in [5.74, 6) is -1.07. The molecule has 0 aliphatic carbocycles. The van der Waals surface area contributed by atoms with Crippen LogP contribution in [-0.4, -0.2) is 34.2 Å². The van der Waals surface area contributed by atoms with Gasteiger partial charge in [-0.3, -0.25) is 20.2 Å². The maximum absolute atomic E-state index is 11.8. The lowest BCUT2D eigenvalue weighted by atomic mass is 10.1. The fourth-order valence-electron chi connectivity index (χ4n) is 1.60. The summed E-state index contributed by atoms with van der Waals surface area (Å²) in [6.07, 6.45) is 1.19. The second-order valence-corrected chi connectivity index (χ2v) is 4.39. The normalized spacial score (nSPS) is 13.2. The van der Waals surface area contributed by atoms with Gasteiger partial charge in [-0.25, -0.2) is 0 Å². The van der Waals surface area contributed by atoms with E-state index in [1.807, 2.05) is 6.92 Å². The van der Waals surface area contributed by atoms with Crippen molar-refractivity contribution in [2.75, 3.05) is 5.32 Å². The Morgan fingerprint density at radius 1 is 1.50 bits per heavy atom. The number of carboxylic acids is 1. The molecule has 0 saturated carbocycles.